The Morgan fingerprint density at radius 1 is 1.40 bits per heavy atom. The number of hydrogen-bond acceptors (Lipinski definition) is 2. The van der Waals surface area contributed by atoms with Gasteiger partial charge >= 0.3 is 0 Å². The molecule has 0 aliphatic carbocycles. The van der Waals surface area contributed by atoms with E-state index in [1.807, 2.05) is 19.0 Å². The molecule has 0 saturated heterocycles. The van der Waals surface area contributed by atoms with Crippen LogP contribution >= 0.6 is 24.0 Å². The standard InChI is InChI=1S/C5H14N4.HI/c1-9(2)4-3-8-5(6)7;/h3-4H2,1-2H3,(H4,6,7,8);1H. The number of aliphatic imine (C=N–C) groups is 1. The van der Waals surface area contributed by atoms with E-state index in [1.165, 1.54) is 0 Å². The molecule has 0 aromatic heterocycles. The van der Waals surface area contributed by atoms with Gasteiger partial charge in [-0.1, -0.05) is 0 Å². The Kier molecular flexibility index (Phi) is 8.92. The Morgan fingerprint density at radius 2 is 1.90 bits per heavy atom. The van der Waals surface area contributed by atoms with Gasteiger partial charge in [-0.15, -0.1) is 24.0 Å². The van der Waals surface area contributed by atoms with Gasteiger partial charge in [-0.05, 0) is 14.1 Å². The molecule has 0 radical (unpaired) electrons. The summed E-state index contributed by atoms with van der Waals surface area (Å²) in [6, 6.07) is 0. The SMILES string of the molecule is CN(C)CCN=C(N)N.I. The summed E-state index contributed by atoms with van der Waals surface area (Å²) in [5.74, 6) is 0.164. The van der Waals surface area contributed by atoms with E-state index in [0.29, 0.717) is 6.54 Å². The van der Waals surface area contributed by atoms with Crippen LogP contribution in [0.5, 0.6) is 0 Å². The lowest BCUT2D eigenvalue weighted by atomic mass is 10.6. The van der Waals surface area contributed by atoms with E-state index in [1.54, 1.807) is 0 Å². The molecular formula is C5H15IN4. The van der Waals surface area contributed by atoms with E-state index in [4.69, 9.17) is 11.5 Å². The van der Waals surface area contributed by atoms with Crippen LogP contribution in [0.15, 0.2) is 4.99 Å². The number of rotatable bonds is 3. The fourth-order valence-electron chi connectivity index (χ4n) is 0.379. The Bertz CT molecular complexity index is 97.8. The average Bonchev–Trinajstić information content (AvgIpc) is 1.63. The number of halogens is 1. The first-order valence-corrected chi connectivity index (χ1v) is 2.83. The van der Waals surface area contributed by atoms with Gasteiger partial charge in [-0.2, -0.15) is 0 Å². The van der Waals surface area contributed by atoms with Crippen LogP contribution in [0.1, 0.15) is 0 Å². The van der Waals surface area contributed by atoms with E-state index >= 15 is 0 Å². The second-order valence-electron chi connectivity index (χ2n) is 2.11. The van der Waals surface area contributed by atoms with Crippen molar-refractivity contribution in [3.63, 3.8) is 0 Å². The fraction of sp³-hybridized carbons (Fsp3) is 0.800. The van der Waals surface area contributed by atoms with E-state index in [-0.39, 0.29) is 29.9 Å². The molecule has 0 aliphatic rings. The summed E-state index contributed by atoms with van der Waals surface area (Å²) in [7, 11) is 3.95. The van der Waals surface area contributed by atoms with Crippen LogP contribution in [-0.4, -0.2) is 38.0 Å². The highest BCUT2D eigenvalue weighted by Gasteiger charge is 1.85. The number of guanidine groups is 1. The Balaban J connectivity index is 0. The molecule has 0 spiro atoms. The van der Waals surface area contributed by atoms with E-state index in [2.05, 4.69) is 4.99 Å². The minimum atomic E-state index is 0. The first kappa shape index (κ1) is 12.6. The maximum absolute atomic E-state index is 5.09. The molecule has 0 atom stereocenters. The normalized spacial score (nSPS) is 8.70. The molecular weight excluding hydrogens is 243 g/mol. The molecule has 62 valence electrons. The van der Waals surface area contributed by atoms with E-state index in [9.17, 15) is 0 Å². The van der Waals surface area contributed by atoms with Crippen LogP contribution in [0, 0.1) is 0 Å². The Hall–Kier alpha value is -0.0400. The largest absolute Gasteiger partial charge is 0.370 e. The minimum absolute atomic E-state index is 0. The predicted molar refractivity (Wildman–Crippen MR) is 54.6 cm³/mol. The van der Waals surface area contributed by atoms with Crippen LogP contribution in [0.3, 0.4) is 0 Å². The zero-order valence-corrected chi connectivity index (χ0v) is 8.70. The lowest BCUT2D eigenvalue weighted by molar-refractivity contribution is 0.420. The molecule has 0 rings (SSSR count). The van der Waals surface area contributed by atoms with Gasteiger partial charge in [-0.3, -0.25) is 4.99 Å². The maximum atomic E-state index is 5.09. The lowest BCUT2D eigenvalue weighted by Crippen LogP contribution is -2.25. The Morgan fingerprint density at radius 3 is 2.20 bits per heavy atom. The molecule has 0 amide bonds. The van der Waals surface area contributed by atoms with Crippen LogP contribution in [0.4, 0.5) is 0 Å². The van der Waals surface area contributed by atoms with Crippen LogP contribution in [-0.2, 0) is 0 Å². The van der Waals surface area contributed by atoms with Crippen LogP contribution in [0.25, 0.3) is 0 Å². The lowest BCUT2D eigenvalue weighted by Gasteiger charge is -2.05. The molecule has 0 fully saturated rings. The van der Waals surface area contributed by atoms with Crippen LogP contribution < -0.4 is 11.5 Å². The van der Waals surface area contributed by atoms with Crippen molar-refractivity contribution in [3.8, 4) is 0 Å². The molecule has 4 N–H and O–H groups in total. The minimum Gasteiger partial charge on any atom is -0.370 e. The second kappa shape index (κ2) is 7.07. The first-order valence-electron chi connectivity index (χ1n) is 2.83. The smallest absolute Gasteiger partial charge is 0.185 e. The summed E-state index contributed by atoms with van der Waals surface area (Å²) in [6.45, 7) is 1.56. The van der Waals surface area contributed by atoms with Crippen LogP contribution in [0.2, 0.25) is 0 Å². The fourth-order valence-corrected chi connectivity index (χ4v) is 0.379. The van der Waals surface area contributed by atoms with Gasteiger partial charge in [0.1, 0.15) is 0 Å². The van der Waals surface area contributed by atoms with Gasteiger partial charge < -0.3 is 16.4 Å². The molecule has 0 bridgehead atoms. The zero-order valence-electron chi connectivity index (χ0n) is 6.37. The van der Waals surface area contributed by atoms with Crippen molar-refractivity contribution in [2.45, 2.75) is 0 Å². The first-order chi connectivity index (χ1) is 4.13. The summed E-state index contributed by atoms with van der Waals surface area (Å²) in [4.78, 5) is 5.82. The maximum Gasteiger partial charge on any atom is 0.185 e. The van der Waals surface area contributed by atoms with Gasteiger partial charge in [0.05, 0.1) is 6.54 Å². The molecule has 0 aromatic carbocycles. The summed E-state index contributed by atoms with van der Waals surface area (Å²) < 4.78 is 0. The number of hydrogen-bond donors (Lipinski definition) is 2. The van der Waals surface area contributed by atoms with Gasteiger partial charge in [-0.25, -0.2) is 0 Å². The summed E-state index contributed by atoms with van der Waals surface area (Å²) in [5, 5.41) is 0. The summed E-state index contributed by atoms with van der Waals surface area (Å²) >= 11 is 0. The van der Waals surface area contributed by atoms with Crippen molar-refractivity contribution in [3.05, 3.63) is 0 Å². The van der Waals surface area contributed by atoms with E-state index in [0.717, 1.165) is 6.54 Å². The van der Waals surface area contributed by atoms with Gasteiger partial charge in [0.2, 0.25) is 0 Å². The molecule has 0 heterocycles. The third kappa shape index (κ3) is 10.9. The van der Waals surface area contributed by atoms with E-state index < -0.39 is 0 Å². The Labute approximate surface area is 78.7 Å². The molecule has 10 heavy (non-hydrogen) atoms. The topological polar surface area (TPSA) is 67.6 Å². The quantitative estimate of drug-likeness (QED) is 0.405. The van der Waals surface area contributed by atoms with Gasteiger partial charge in [0, 0.05) is 6.54 Å². The van der Waals surface area contributed by atoms with Crippen molar-refractivity contribution in [2.24, 2.45) is 16.5 Å². The molecule has 0 aliphatic heterocycles. The predicted octanol–water partition coefficient (Wildman–Crippen LogP) is -0.561. The summed E-state index contributed by atoms with van der Waals surface area (Å²) in [5.41, 5.74) is 10.2. The third-order valence-electron chi connectivity index (χ3n) is 0.842. The molecule has 4 nitrogen and oxygen atoms in total. The van der Waals surface area contributed by atoms with Gasteiger partial charge in [0.25, 0.3) is 0 Å². The van der Waals surface area contributed by atoms with Crippen molar-refractivity contribution in [1.29, 1.82) is 0 Å². The zero-order chi connectivity index (χ0) is 7.28. The highest BCUT2D eigenvalue weighted by atomic mass is 127. The highest BCUT2D eigenvalue weighted by molar-refractivity contribution is 14.0. The van der Waals surface area contributed by atoms with Crippen molar-refractivity contribution >= 4 is 29.9 Å². The monoisotopic (exact) mass is 258 g/mol. The van der Waals surface area contributed by atoms with Crippen molar-refractivity contribution < 1.29 is 0 Å². The second-order valence-corrected chi connectivity index (χ2v) is 2.11. The van der Waals surface area contributed by atoms with Gasteiger partial charge in [0.15, 0.2) is 5.96 Å². The van der Waals surface area contributed by atoms with Crippen molar-refractivity contribution in [2.75, 3.05) is 27.2 Å². The third-order valence-corrected chi connectivity index (χ3v) is 0.842. The summed E-state index contributed by atoms with van der Waals surface area (Å²) in [6.07, 6.45) is 0. The number of nitrogens with zero attached hydrogens (tertiary/aromatic N) is 2. The molecule has 5 heteroatoms. The molecule has 0 saturated carbocycles. The number of nitrogens with two attached hydrogens (primary N) is 2. The molecule has 0 aromatic rings. The average molecular weight is 258 g/mol. The highest BCUT2D eigenvalue weighted by Crippen LogP contribution is 1.73. The number of likely N-dealkylation sites (N-methyl/N-ethyl adjacent to an activating group) is 1. The molecule has 0 unspecified atom stereocenters. The van der Waals surface area contributed by atoms with Crippen molar-refractivity contribution in [1.82, 2.24) is 4.90 Å².